The Labute approximate surface area is 162 Å². The quantitative estimate of drug-likeness (QED) is 0.575. The number of furan rings is 1. The highest BCUT2D eigenvalue weighted by molar-refractivity contribution is 7.86. The van der Waals surface area contributed by atoms with Crippen molar-refractivity contribution < 1.29 is 31.6 Å². The summed E-state index contributed by atoms with van der Waals surface area (Å²) in [5.41, 5.74) is 6.60. The molecule has 0 spiro atoms. The Bertz CT molecular complexity index is 1080. The minimum atomic E-state index is -4.09. The van der Waals surface area contributed by atoms with Gasteiger partial charge in [0.25, 0.3) is 0 Å². The molecule has 0 radical (unpaired) electrons. The molecule has 1 heterocycles. The van der Waals surface area contributed by atoms with Gasteiger partial charge in [0.1, 0.15) is 17.3 Å². The Morgan fingerprint density at radius 1 is 1.07 bits per heavy atom. The van der Waals surface area contributed by atoms with E-state index in [4.69, 9.17) is 23.8 Å². The van der Waals surface area contributed by atoms with Gasteiger partial charge in [-0.3, -0.25) is 0 Å². The largest absolute Gasteiger partial charge is 0.501 e. The average molecular weight is 405 g/mol. The van der Waals surface area contributed by atoms with Crippen LogP contribution in [0.15, 0.2) is 52.9 Å². The molecule has 2 aromatic carbocycles. The van der Waals surface area contributed by atoms with Crippen LogP contribution < -0.4 is 19.4 Å². The van der Waals surface area contributed by atoms with Crippen LogP contribution >= 0.6 is 0 Å². The van der Waals surface area contributed by atoms with E-state index in [1.165, 1.54) is 14.2 Å². The standard InChI is InChI=1S/C19H19NO7S/c1-24-13-8-9-15(25-2)14(10-13)17-16(21)18(19(20)26-17)27-28(22,23)11-12-6-4-3-5-7-12/h3-10,21H,11,20H2,1-2H3. The molecule has 148 valence electrons. The smallest absolute Gasteiger partial charge is 0.313 e. The number of ether oxygens (including phenoxy) is 2. The molecular weight excluding hydrogens is 386 g/mol. The number of hydrogen-bond donors (Lipinski definition) is 2. The van der Waals surface area contributed by atoms with Crippen LogP contribution in [0.5, 0.6) is 23.0 Å². The summed E-state index contributed by atoms with van der Waals surface area (Å²) in [6.45, 7) is 0. The third kappa shape index (κ3) is 3.99. The molecule has 0 fully saturated rings. The molecule has 0 saturated carbocycles. The van der Waals surface area contributed by atoms with Crippen LogP contribution in [-0.4, -0.2) is 27.7 Å². The highest BCUT2D eigenvalue weighted by atomic mass is 32.2. The molecule has 0 saturated heterocycles. The summed E-state index contributed by atoms with van der Waals surface area (Å²) in [6.07, 6.45) is 0. The normalized spacial score (nSPS) is 11.2. The van der Waals surface area contributed by atoms with E-state index in [2.05, 4.69) is 0 Å². The molecule has 0 aliphatic heterocycles. The van der Waals surface area contributed by atoms with Crippen molar-refractivity contribution in [3.8, 4) is 34.3 Å². The molecule has 0 unspecified atom stereocenters. The van der Waals surface area contributed by atoms with Gasteiger partial charge in [-0.1, -0.05) is 30.3 Å². The second-order valence-electron chi connectivity index (χ2n) is 5.81. The van der Waals surface area contributed by atoms with Gasteiger partial charge in [0, 0.05) is 0 Å². The van der Waals surface area contributed by atoms with E-state index in [1.807, 2.05) is 0 Å². The number of rotatable bonds is 7. The molecule has 0 atom stereocenters. The molecule has 8 nitrogen and oxygen atoms in total. The maximum atomic E-state index is 12.4. The highest BCUT2D eigenvalue weighted by Gasteiger charge is 2.28. The number of nitrogen functional groups attached to an aromatic ring is 1. The van der Waals surface area contributed by atoms with Crippen LogP contribution in [0.1, 0.15) is 5.56 Å². The summed E-state index contributed by atoms with van der Waals surface area (Å²) >= 11 is 0. The fraction of sp³-hybridized carbons (Fsp3) is 0.158. The Morgan fingerprint density at radius 3 is 2.43 bits per heavy atom. The summed E-state index contributed by atoms with van der Waals surface area (Å²) in [6, 6.07) is 13.3. The van der Waals surface area contributed by atoms with Crippen LogP contribution in [0.2, 0.25) is 0 Å². The minimum absolute atomic E-state index is 0.0989. The summed E-state index contributed by atoms with van der Waals surface area (Å²) in [4.78, 5) is 0. The molecule has 3 rings (SSSR count). The van der Waals surface area contributed by atoms with Crippen LogP contribution in [0, 0.1) is 0 Å². The van der Waals surface area contributed by atoms with Crippen LogP contribution in [0.4, 0.5) is 5.88 Å². The van der Waals surface area contributed by atoms with Crippen molar-refractivity contribution in [3.05, 3.63) is 54.1 Å². The molecule has 3 N–H and O–H groups in total. The summed E-state index contributed by atoms with van der Waals surface area (Å²) in [5, 5.41) is 10.5. The monoisotopic (exact) mass is 405 g/mol. The fourth-order valence-electron chi connectivity index (χ4n) is 2.61. The molecule has 3 aromatic rings. The Morgan fingerprint density at radius 2 is 1.79 bits per heavy atom. The molecular formula is C19H19NO7S. The van der Waals surface area contributed by atoms with Crippen molar-refractivity contribution in [2.24, 2.45) is 0 Å². The summed E-state index contributed by atoms with van der Waals surface area (Å²) in [5.74, 6) is -1.06. The van der Waals surface area contributed by atoms with Crippen LogP contribution in [0.3, 0.4) is 0 Å². The molecule has 0 bridgehead atoms. The van der Waals surface area contributed by atoms with Gasteiger partial charge < -0.3 is 28.9 Å². The second kappa shape index (κ2) is 7.73. The molecule has 0 amide bonds. The average Bonchev–Trinajstić information content (AvgIpc) is 2.95. The number of nitrogens with two attached hydrogens (primary N) is 1. The van der Waals surface area contributed by atoms with E-state index in [-0.39, 0.29) is 11.6 Å². The maximum Gasteiger partial charge on any atom is 0.313 e. The lowest BCUT2D eigenvalue weighted by Crippen LogP contribution is -2.12. The minimum Gasteiger partial charge on any atom is -0.501 e. The lowest BCUT2D eigenvalue weighted by molar-refractivity contribution is 0.402. The molecule has 0 aliphatic rings. The van der Waals surface area contributed by atoms with Crippen LogP contribution in [-0.2, 0) is 15.9 Å². The molecule has 1 aromatic heterocycles. The number of aromatic hydroxyl groups is 1. The van der Waals surface area contributed by atoms with E-state index < -0.39 is 27.4 Å². The SMILES string of the molecule is COc1ccc(OC)c(-c2oc(N)c(OS(=O)(=O)Cc3ccccc3)c2O)c1. The number of anilines is 1. The van der Waals surface area contributed by atoms with Gasteiger partial charge in [0.05, 0.1) is 19.8 Å². The van der Waals surface area contributed by atoms with Crippen molar-refractivity contribution in [1.82, 2.24) is 0 Å². The number of hydrogen-bond acceptors (Lipinski definition) is 8. The first-order valence-corrected chi connectivity index (χ1v) is 9.72. The third-order valence-electron chi connectivity index (χ3n) is 3.91. The van der Waals surface area contributed by atoms with Crippen molar-refractivity contribution >= 4 is 16.0 Å². The number of benzene rings is 2. The van der Waals surface area contributed by atoms with E-state index in [9.17, 15) is 13.5 Å². The van der Waals surface area contributed by atoms with E-state index in [0.29, 0.717) is 22.6 Å². The zero-order chi connectivity index (χ0) is 20.3. The van der Waals surface area contributed by atoms with Crippen LogP contribution in [0.25, 0.3) is 11.3 Å². The fourth-order valence-corrected chi connectivity index (χ4v) is 3.69. The summed E-state index contributed by atoms with van der Waals surface area (Å²) < 4.78 is 45.6. The van der Waals surface area contributed by atoms with E-state index >= 15 is 0 Å². The maximum absolute atomic E-state index is 12.4. The van der Waals surface area contributed by atoms with Gasteiger partial charge in [-0.2, -0.15) is 8.42 Å². The van der Waals surface area contributed by atoms with E-state index in [0.717, 1.165) is 0 Å². The zero-order valence-corrected chi connectivity index (χ0v) is 16.0. The first-order chi connectivity index (χ1) is 13.3. The predicted molar refractivity (Wildman–Crippen MR) is 103 cm³/mol. The van der Waals surface area contributed by atoms with Crippen molar-refractivity contribution in [2.45, 2.75) is 5.75 Å². The highest BCUT2D eigenvalue weighted by Crippen LogP contribution is 2.48. The first kappa shape index (κ1) is 19.4. The van der Waals surface area contributed by atoms with Gasteiger partial charge in [0.15, 0.2) is 5.76 Å². The topological polar surface area (TPSA) is 121 Å². The molecule has 28 heavy (non-hydrogen) atoms. The second-order valence-corrected chi connectivity index (χ2v) is 7.38. The summed E-state index contributed by atoms with van der Waals surface area (Å²) in [7, 11) is -1.17. The Kier molecular flexibility index (Phi) is 5.36. The van der Waals surface area contributed by atoms with Gasteiger partial charge in [-0.05, 0) is 23.8 Å². The predicted octanol–water partition coefficient (Wildman–Crippen LogP) is 3.16. The molecule has 0 aliphatic carbocycles. The van der Waals surface area contributed by atoms with Gasteiger partial charge >= 0.3 is 10.1 Å². The van der Waals surface area contributed by atoms with Crippen molar-refractivity contribution in [1.29, 1.82) is 0 Å². The first-order valence-electron chi connectivity index (χ1n) is 8.14. The Hall–Kier alpha value is -3.33. The van der Waals surface area contributed by atoms with Gasteiger partial charge in [-0.25, -0.2) is 0 Å². The molecule has 9 heteroatoms. The number of methoxy groups -OCH3 is 2. The lowest BCUT2D eigenvalue weighted by atomic mass is 10.1. The van der Waals surface area contributed by atoms with Gasteiger partial charge in [0.2, 0.25) is 17.4 Å². The van der Waals surface area contributed by atoms with Crippen molar-refractivity contribution in [3.63, 3.8) is 0 Å². The van der Waals surface area contributed by atoms with E-state index in [1.54, 1.807) is 48.5 Å². The Balaban J connectivity index is 1.97. The van der Waals surface area contributed by atoms with Crippen molar-refractivity contribution in [2.75, 3.05) is 20.0 Å². The lowest BCUT2D eigenvalue weighted by Gasteiger charge is -2.09. The van der Waals surface area contributed by atoms with Gasteiger partial charge in [-0.15, -0.1) is 0 Å². The zero-order valence-electron chi connectivity index (χ0n) is 15.2. The third-order valence-corrected chi connectivity index (χ3v) is 5.02.